The monoisotopic (exact) mass is 257 g/mol. The Morgan fingerprint density at radius 3 is 2.85 bits per heavy atom. The second-order valence-electron chi connectivity index (χ2n) is 2.54. The molecule has 0 aliphatic rings. The van der Waals surface area contributed by atoms with Crippen molar-refractivity contribution in [3.8, 4) is 0 Å². The number of nitrogen functional groups attached to an aromatic ring is 1. The van der Waals surface area contributed by atoms with Gasteiger partial charge in [-0.2, -0.15) is 0 Å². The molecule has 1 aromatic carbocycles. The molecule has 13 heavy (non-hydrogen) atoms. The zero-order valence-corrected chi connectivity index (χ0v) is 8.80. The van der Waals surface area contributed by atoms with Crippen molar-refractivity contribution in [1.82, 2.24) is 9.97 Å². The SMILES string of the molecule is Nc1ncnc2cc(Br)c(Cl)cc12. The highest BCUT2D eigenvalue weighted by Crippen LogP contribution is 2.28. The minimum atomic E-state index is 0.444. The van der Waals surface area contributed by atoms with Crippen molar-refractivity contribution in [3.63, 3.8) is 0 Å². The van der Waals surface area contributed by atoms with Gasteiger partial charge < -0.3 is 5.73 Å². The molecule has 1 heterocycles. The fourth-order valence-electron chi connectivity index (χ4n) is 1.07. The van der Waals surface area contributed by atoms with E-state index in [0.717, 1.165) is 15.4 Å². The molecule has 66 valence electrons. The van der Waals surface area contributed by atoms with Crippen molar-refractivity contribution < 1.29 is 0 Å². The van der Waals surface area contributed by atoms with Gasteiger partial charge in [-0.05, 0) is 28.1 Å². The zero-order valence-electron chi connectivity index (χ0n) is 6.46. The van der Waals surface area contributed by atoms with Crippen LogP contribution < -0.4 is 5.73 Å². The van der Waals surface area contributed by atoms with Crippen LogP contribution in [0.25, 0.3) is 10.9 Å². The molecule has 3 nitrogen and oxygen atoms in total. The summed E-state index contributed by atoms with van der Waals surface area (Å²) in [6.07, 6.45) is 1.43. The molecule has 0 unspecified atom stereocenters. The van der Waals surface area contributed by atoms with E-state index in [4.69, 9.17) is 17.3 Å². The van der Waals surface area contributed by atoms with Gasteiger partial charge in [-0.25, -0.2) is 9.97 Å². The van der Waals surface area contributed by atoms with E-state index in [1.807, 2.05) is 6.07 Å². The number of halogens is 2. The Hall–Kier alpha value is -0.870. The normalized spacial score (nSPS) is 10.6. The molecule has 0 saturated heterocycles. The van der Waals surface area contributed by atoms with Crippen LogP contribution in [0.1, 0.15) is 0 Å². The summed E-state index contributed by atoms with van der Waals surface area (Å²) in [4.78, 5) is 7.94. The Labute approximate surface area is 88.1 Å². The van der Waals surface area contributed by atoms with Gasteiger partial charge in [0.2, 0.25) is 0 Å². The van der Waals surface area contributed by atoms with Crippen LogP contribution in [-0.4, -0.2) is 9.97 Å². The first kappa shape index (κ1) is 8.72. The molecule has 5 heteroatoms. The number of benzene rings is 1. The maximum Gasteiger partial charge on any atom is 0.134 e. The van der Waals surface area contributed by atoms with Gasteiger partial charge >= 0.3 is 0 Å². The third-order valence-electron chi connectivity index (χ3n) is 1.71. The summed E-state index contributed by atoms with van der Waals surface area (Å²) in [5, 5.41) is 1.38. The molecule has 0 fully saturated rings. The largest absolute Gasteiger partial charge is 0.383 e. The van der Waals surface area contributed by atoms with Gasteiger partial charge in [-0.3, -0.25) is 0 Å². The van der Waals surface area contributed by atoms with Crippen LogP contribution in [0.2, 0.25) is 5.02 Å². The van der Waals surface area contributed by atoms with E-state index in [1.54, 1.807) is 6.07 Å². The Balaban J connectivity index is 2.89. The lowest BCUT2D eigenvalue weighted by atomic mass is 10.2. The van der Waals surface area contributed by atoms with Gasteiger partial charge in [0.1, 0.15) is 12.1 Å². The molecule has 2 aromatic rings. The summed E-state index contributed by atoms with van der Waals surface area (Å²) in [6.45, 7) is 0. The van der Waals surface area contributed by atoms with Crippen molar-refractivity contribution in [2.45, 2.75) is 0 Å². The summed E-state index contributed by atoms with van der Waals surface area (Å²) < 4.78 is 0.805. The molecular weight excluding hydrogens is 253 g/mol. The Morgan fingerprint density at radius 1 is 1.31 bits per heavy atom. The second-order valence-corrected chi connectivity index (χ2v) is 3.80. The van der Waals surface area contributed by atoms with E-state index in [-0.39, 0.29) is 0 Å². The van der Waals surface area contributed by atoms with E-state index in [9.17, 15) is 0 Å². The second kappa shape index (κ2) is 3.12. The first-order chi connectivity index (χ1) is 6.18. The van der Waals surface area contributed by atoms with Crippen molar-refractivity contribution in [1.29, 1.82) is 0 Å². The molecule has 0 aliphatic heterocycles. The average Bonchev–Trinajstić information content (AvgIpc) is 2.09. The third-order valence-corrected chi connectivity index (χ3v) is 2.91. The molecule has 2 N–H and O–H groups in total. The van der Waals surface area contributed by atoms with Crippen LogP contribution in [0.5, 0.6) is 0 Å². The molecule has 0 amide bonds. The fraction of sp³-hybridized carbons (Fsp3) is 0. The van der Waals surface area contributed by atoms with Crippen LogP contribution >= 0.6 is 27.5 Å². The van der Waals surface area contributed by atoms with Gasteiger partial charge in [0.05, 0.1) is 10.5 Å². The minimum absolute atomic E-state index is 0.444. The molecule has 0 atom stereocenters. The highest BCUT2D eigenvalue weighted by atomic mass is 79.9. The van der Waals surface area contributed by atoms with E-state index in [1.165, 1.54) is 6.33 Å². The van der Waals surface area contributed by atoms with Gasteiger partial charge in [0, 0.05) is 9.86 Å². The maximum absolute atomic E-state index is 5.90. The average molecular weight is 259 g/mol. The predicted octanol–water partition coefficient (Wildman–Crippen LogP) is 2.63. The quantitative estimate of drug-likeness (QED) is 0.790. The van der Waals surface area contributed by atoms with Gasteiger partial charge in [0.15, 0.2) is 0 Å². The van der Waals surface area contributed by atoms with Crippen LogP contribution in [0.3, 0.4) is 0 Å². The van der Waals surface area contributed by atoms with Gasteiger partial charge in [-0.15, -0.1) is 0 Å². The lowest BCUT2D eigenvalue weighted by molar-refractivity contribution is 1.23. The summed E-state index contributed by atoms with van der Waals surface area (Å²) in [7, 11) is 0. The van der Waals surface area contributed by atoms with Gasteiger partial charge in [-0.1, -0.05) is 11.6 Å². The number of fused-ring (bicyclic) bond motifs is 1. The number of aromatic nitrogens is 2. The van der Waals surface area contributed by atoms with Crippen molar-refractivity contribution in [3.05, 3.63) is 28.0 Å². The number of hydrogen-bond acceptors (Lipinski definition) is 3. The number of rotatable bonds is 0. The lowest BCUT2D eigenvalue weighted by Gasteiger charge is -2.01. The molecule has 0 radical (unpaired) electrons. The third kappa shape index (κ3) is 1.47. The molecule has 0 bridgehead atoms. The number of hydrogen-bond donors (Lipinski definition) is 1. The summed E-state index contributed by atoms with van der Waals surface area (Å²) in [5.41, 5.74) is 6.43. The van der Waals surface area contributed by atoms with Gasteiger partial charge in [0.25, 0.3) is 0 Å². The lowest BCUT2D eigenvalue weighted by Crippen LogP contribution is -1.92. The first-order valence-electron chi connectivity index (χ1n) is 3.53. The van der Waals surface area contributed by atoms with Crippen LogP contribution in [0, 0.1) is 0 Å². The van der Waals surface area contributed by atoms with Crippen molar-refractivity contribution in [2.24, 2.45) is 0 Å². The van der Waals surface area contributed by atoms with Crippen molar-refractivity contribution in [2.75, 3.05) is 5.73 Å². The highest BCUT2D eigenvalue weighted by Gasteiger charge is 2.04. The molecule has 0 aliphatic carbocycles. The molecule has 2 rings (SSSR count). The highest BCUT2D eigenvalue weighted by molar-refractivity contribution is 9.10. The van der Waals surface area contributed by atoms with E-state index < -0.39 is 0 Å². The molecule has 0 saturated carbocycles. The first-order valence-corrected chi connectivity index (χ1v) is 4.71. The van der Waals surface area contributed by atoms with Crippen LogP contribution in [0.4, 0.5) is 5.82 Å². The Morgan fingerprint density at radius 2 is 2.08 bits per heavy atom. The molecule has 0 spiro atoms. The molecule has 1 aromatic heterocycles. The van der Waals surface area contributed by atoms with E-state index in [2.05, 4.69) is 25.9 Å². The molecular formula is C8H5BrClN3. The van der Waals surface area contributed by atoms with Crippen molar-refractivity contribution >= 4 is 44.3 Å². The topological polar surface area (TPSA) is 51.8 Å². The predicted molar refractivity (Wildman–Crippen MR) is 56.7 cm³/mol. The van der Waals surface area contributed by atoms with Crippen LogP contribution in [-0.2, 0) is 0 Å². The fourth-order valence-corrected chi connectivity index (χ4v) is 1.57. The maximum atomic E-state index is 5.90. The smallest absolute Gasteiger partial charge is 0.134 e. The Kier molecular flexibility index (Phi) is 2.09. The standard InChI is InChI=1S/C8H5BrClN3/c9-5-2-7-4(1-6(5)10)8(11)13-3-12-7/h1-3H,(H2,11,12,13). The summed E-state index contributed by atoms with van der Waals surface area (Å²) in [5.74, 6) is 0.444. The Bertz CT molecular complexity index is 472. The van der Waals surface area contributed by atoms with E-state index in [0.29, 0.717) is 10.8 Å². The number of anilines is 1. The van der Waals surface area contributed by atoms with Crippen LogP contribution in [0.15, 0.2) is 22.9 Å². The number of nitrogens with zero attached hydrogens (tertiary/aromatic N) is 2. The summed E-state index contributed by atoms with van der Waals surface area (Å²) in [6, 6.07) is 3.56. The minimum Gasteiger partial charge on any atom is -0.383 e. The van der Waals surface area contributed by atoms with E-state index >= 15 is 0 Å². The summed E-state index contributed by atoms with van der Waals surface area (Å²) >= 11 is 9.21. The number of nitrogens with two attached hydrogens (primary N) is 1. The zero-order chi connectivity index (χ0) is 9.42.